The molecular formula is C18H22F3NO2. The van der Waals surface area contributed by atoms with Crippen LogP contribution in [-0.2, 0) is 17.4 Å². The van der Waals surface area contributed by atoms with Crippen LogP contribution < -0.4 is 0 Å². The van der Waals surface area contributed by atoms with E-state index in [1.165, 1.54) is 6.07 Å². The standard InChI is InChI=1S/C18H22F3NO2/c19-18(20,21)14-5-1-4-13(10-14)11-16(24)22-9-3-8-17(12-22)7-2-6-15(17)23/h1,4-5,10,15,23H,2-3,6-9,11-12H2/t15-,17-/m1/s1. The summed E-state index contributed by atoms with van der Waals surface area (Å²) in [7, 11) is 0. The van der Waals surface area contributed by atoms with Gasteiger partial charge in [-0.15, -0.1) is 0 Å². The van der Waals surface area contributed by atoms with Gasteiger partial charge in [0.1, 0.15) is 0 Å². The van der Waals surface area contributed by atoms with Gasteiger partial charge in [0.05, 0.1) is 18.1 Å². The molecule has 1 saturated carbocycles. The summed E-state index contributed by atoms with van der Waals surface area (Å²) < 4.78 is 38.3. The summed E-state index contributed by atoms with van der Waals surface area (Å²) in [4.78, 5) is 14.3. The van der Waals surface area contributed by atoms with Crippen LogP contribution in [0, 0.1) is 5.41 Å². The van der Waals surface area contributed by atoms with E-state index in [-0.39, 0.29) is 23.8 Å². The Bertz CT molecular complexity index is 617. The molecule has 1 aromatic carbocycles. The smallest absolute Gasteiger partial charge is 0.392 e. The van der Waals surface area contributed by atoms with Crippen LogP contribution in [0.25, 0.3) is 0 Å². The Kier molecular flexibility index (Phi) is 4.60. The average Bonchev–Trinajstić information content (AvgIpc) is 2.87. The average molecular weight is 341 g/mol. The number of aliphatic hydroxyl groups is 1. The third-order valence-electron chi connectivity index (χ3n) is 5.43. The van der Waals surface area contributed by atoms with E-state index in [4.69, 9.17) is 0 Å². The molecule has 2 aliphatic rings. The Balaban J connectivity index is 1.69. The first kappa shape index (κ1) is 17.3. The summed E-state index contributed by atoms with van der Waals surface area (Å²) in [6, 6.07) is 4.95. The van der Waals surface area contributed by atoms with E-state index in [9.17, 15) is 23.1 Å². The van der Waals surface area contributed by atoms with Crippen molar-refractivity contribution >= 4 is 5.91 Å². The molecule has 0 radical (unpaired) electrons. The molecule has 1 aliphatic heterocycles. The van der Waals surface area contributed by atoms with Crippen LogP contribution in [0.4, 0.5) is 13.2 Å². The van der Waals surface area contributed by atoms with Gasteiger partial charge < -0.3 is 10.0 Å². The van der Waals surface area contributed by atoms with Crippen molar-refractivity contribution in [2.75, 3.05) is 13.1 Å². The summed E-state index contributed by atoms with van der Waals surface area (Å²) in [5, 5.41) is 10.3. The van der Waals surface area contributed by atoms with Gasteiger partial charge in [-0.25, -0.2) is 0 Å². The number of carbonyl (C=O) groups excluding carboxylic acids is 1. The number of likely N-dealkylation sites (tertiary alicyclic amines) is 1. The first-order valence-corrected chi connectivity index (χ1v) is 8.42. The molecule has 2 fully saturated rings. The number of alkyl halides is 3. The number of piperidine rings is 1. The normalized spacial score (nSPS) is 27.7. The fourth-order valence-electron chi connectivity index (χ4n) is 4.11. The van der Waals surface area contributed by atoms with Crippen LogP contribution >= 0.6 is 0 Å². The van der Waals surface area contributed by atoms with E-state index in [2.05, 4.69) is 0 Å². The zero-order valence-corrected chi connectivity index (χ0v) is 13.5. The van der Waals surface area contributed by atoms with Gasteiger partial charge in [0.2, 0.25) is 5.91 Å². The number of halogens is 3. The van der Waals surface area contributed by atoms with Crippen LogP contribution in [0.5, 0.6) is 0 Å². The van der Waals surface area contributed by atoms with Gasteiger partial charge >= 0.3 is 6.18 Å². The van der Waals surface area contributed by atoms with E-state index >= 15 is 0 Å². The third kappa shape index (κ3) is 3.43. The zero-order valence-electron chi connectivity index (χ0n) is 13.5. The van der Waals surface area contributed by atoms with Crippen molar-refractivity contribution in [1.29, 1.82) is 0 Å². The number of carbonyl (C=O) groups is 1. The fraction of sp³-hybridized carbons (Fsp3) is 0.611. The van der Waals surface area contributed by atoms with Gasteiger partial charge in [-0.05, 0) is 37.3 Å². The highest BCUT2D eigenvalue weighted by atomic mass is 19.4. The monoisotopic (exact) mass is 341 g/mol. The van der Waals surface area contributed by atoms with E-state index in [1.54, 1.807) is 11.0 Å². The Morgan fingerprint density at radius 3 is 2.71 bits per heavy atom. The Morgan fingerprint density at radius 2 is 2.04 bits per heavy atom. The number of benzene rings is 1. The van der Waals surface area contributed by atoms with Crippen molar-refractivity contribution < 1.29 is 23.1 Å². The third-order valence-corrected chi connectivity index (χ3v) is 5.43. The van der Waals surface area contributed by atoms with Crippen molar-refractivity contribution in [2.24, 2.45) is 5.41 Å². The second kappa shape index (κ2) is 6.39. The fourth-order valence-corrected chi connectivity index (χ4v) is 4.11. The van der Waals surface area contributed by atoms with Gasteiger partial charge in [0.15, 0.2) is 0 Å². The maximum atomic E-state index is 12.8. The Labute approximate surface area is 139 Å². The lowest BCUT2D eigenvalue weighted by atomic mass is 9.76. The van der Waals surface area contributed by atoms with Gasteiger partial charge in [0, 0.05) is 18.5 Å². The number of nitrogens with zero attached hydrogens (tertiary/aromatic N) is 1. The van der Waals surface area contributed by atoms with Crippen molar-refractivity contribution in [3.05, 3.63) is 35.4 Å². The molecule has 1 aromatic rings. The summed E-state index contributed by atoms with van der Waals surface area (Å²) in [6.45, 7) is 1.14. The molecule has 6 heteroatoms. The molecule has 3 rings (SSSR count). The molecule has 3 nitrogen and oxygen atoms in total. The molecule has 0 unspecified atom stereocenters. The van der Waals surface area contributed by atoms with Crippen molar-refractivity contribution in [3.63, 3.8) is 0 Å². The van der Waals surface area contributed by atoms with Crippen LogP contribution in [0.1, 0.15) is 43.2 Å². The van der Waals surface area contributed by atoms with Crippen LogP contribution in [0.2, 0.25) is 0 Å². The van der Waals surface area contributed by atoms with Crippen LogP contribution in [0.3, 0.4) is 0 Å². The molecule has 1 saturated heterocycles. The molecule has 1 spiro atoms. The van der Waals surface area contributed by atoms with E-state index in [0.717, 1.165) is 44.2 Å². The van der Waals surface area contributed by atoms with Gasteiger partial charge in [-0.1, -0.05) is 24.6 Å². The number of aliphatic hydroxyl groups excluding tert-OH is 1. The molecule has 24 heavy (non-hydrogen) atoms. The number of hydrogen-bond acceptors (Lipinski definition) is 2. The van der Waals surface area contributed by atoms with E-state index in [0.29, 0.717) is 18.7 Å². The second-order valence-corrected chi connectivity index (χ2v) is 7.06. The molecule has 1 amide bonds. The predicted octanol–water partition coefficient (Wildman–Crippen LogP) is 3.40. The van der Waals surface area contributed by atoms with E-state index < -0.39 is 11.7 Å². The summed E-state index contributed by atoms with van der Waals surface area (Å²) in [5.74, 6) is -0.160. The highest BCUT2D eigenvalue weighted by Crippen LogP contribution is 2.45. The predicted molar refractivity (Wildman–Crippen MR) is 83.3 cm³/mol. The second-order valence-electron chi connectivity index (χ2n) is 7.06. The minimum Gasteiger partial charge on any atom is -0.392 e. The molecule has 2 atom stereocenters. The topological polar surface area (TPSA) is 40.5 Å². The lowest BCUT2D eigenvalue weighted by molar-refractivity contribution is -0.138. The van der Waals surface area contributed by atoms with Crippen molar-refractivity contribution in [3.8, 4) is 0 Å². The largest absolute Gasteiger partial charge is 0.416 e. The van der Waals surface area contributed by atoms with Crippen LogP contribution in [-0.4, -0.2) is 35.1 Å². The van der Waals surface area contributed by atoms with E-state index in [1.807, 2.05) is 0 Å². The molecule has 1 aliphatic carbocycles. The highest BCUT2D eigenvalue weighted by Gasteiger charge is 2.45. The van der Waals surface area contributed by atoms with Crippen molar-refractivity contribution in [1.82, 2.24) is 4.90 Å². The minimum atomic E-state index is -4.40. The molecule has 0 bridgehead atoms. The minimum absolute atomic E-state index is 0.0317. The maximum Gasteiger partial charge on any atom is 0.416 e. The molecule has 1 heterocycles. The molecule has 0 aromatic heterocycles. The van der Waals surface area contributed by atoms with Crippen molar-refractivity contribution in [2.45, 2.75) is 50.8 Å². The first-order valence-electron chi connectivity index (χ1n) is 8.42. The first-order chi connectivity index (χ1) is 11.3. The van der Waals surface area contributed by atoms with Crippen LogP contribution in [0.15, 0.2) is 24.3 Å². The van der Waals surface area contributed by atoms with Gasteiger partial charge in [0.25, 0.3) is 0 Å². The zero-order chi connectivity index (χ0) is 17.4. The Morgan fingerprint density at radius 1 is 1.29 bits per heavy atom. The molecule has 132 valence electrons. The number of rotatable bonds is 2. The quantitative estimate of drug-likeness (QED) is 0.896. The maximum absolute atomic E-state index is 12.8. The summed E-state index contributed by atoms with van der Waals surface area (Å²) in [5.41, 5.74) is -0.558. The summed E-state index contributed by atoms with van der Waals surface area (Å²) in [6.07, 6.45) is -0.388. The number of hydrogen-bond donors (Lipinski definition) is 1. The SMILES string of the molecule is O=C(Cc1cccc(C(F)(F)F)c1)N1CCC[C@]2(CCC[C@H]2O)C1. The lowest BCUT2D eigenvalue weighted by Gasteiger charge is -2.42. The molecular weight excluding hydrogens is 319 g/mol. The highest BCUT2D eigenvalue weighted by molar-refractivity contribution is 5.79. The molecule has 1 N–H and O–H groups in total. The Hall–Kier alpha value is -1.56. The van der Waals surface area contributed by atoms with Gasteiger partial charge in [-0.2, -0.15) is 13.2 Å². The van der Waals surface area contributed by atoms with Gasteiger partial charge in [-0.3, -0.25) is 4.79 Å². The number of amides is 1. The summed E-state index contributed by atoms with van der Waals surface area (Å²) >= 11 is 0. The lowest BCUT2D eigenvalue weighted by Crippen LogP contribution is -2.49.